The van der Waals surface area contributed by atoms with E-state index in [-0.39, 0.29) is 6.61 Å². The van der Waals surface area contributed by atoms with Gasteiger partial charge in [0.2, 0.25) is 0 Å². The molecule has 1 aromatic heterocycles. The monoisotopic (exact) mass is 440 g/mol. The summed E-state index contributed by atoms with van der Waals surface area (Å²) in [4.78, 5) is 15.8. The molecule has 2 N–H and O–H groups in total. The SMILES string of the molecule is CCCCc1nc(SCC)c(CO)n1Cc1ccc(-c2ccccc2OC(=O)O)cc1. The largest absolute Gasteiger partial charge is 0.511 e. The number of hydrogen-bond donors (Lipinski definition) is 2. The highest BCUT2D eigenvalue weighted by molar-refractivity contribution is 7.99. The van der Waals surface area contributed by atoms with Crippen LogP contribution in [0.2, 0.25) is 0 Å². The smallest absolute Gasteiger partial charge is 0.449 e. The van der Waals surface area contributed by atoms with Crippen molar-refractivity contribution in [3.05, 3.63) is 65.6 Å². The van der Waals surface area contributed by atoms with Gasteiger partial charge in [-0.25, -0.2) is 9.78 Å². The highest BCUT2D eigenvalue weighted by atomic mass is 32.2. The lowest BCUT2D eigenvalue weighted by Gasteiger charge is -2.13. The first-order chi connectivity index (χ1) is 15.1. The van der Waals surface area contributed by atoms with Crippen molar-refractivity contribution in [2.75, 3.05) is 5.75 Å². The predicted octanol–water partition coefficient (Wildman–Crippen LogP) is 5.60. The number of thioether (sulfide) groups is 1. The van der Waals surface area contributed by atoms with Gasteiger partial charge < -0.3 is 19.5 Å². The molecule has 0 atom stereocenters. The number of aliphatic hydroxyl groups excluding tert-OH is 1. The van der Waals surface area contributed by atoms with Crippen molar-refractivity contribution in [2.24, 2.45) is 0 Å². The van der Waals surface area contributed by atoms with Gasteiger partial charge in [0, 0.05) is 18.5 Å². The molecule has 0 bridgehead atoms. The van der Waals surface area contributed by atoms with Crippen molar-refractivity contribution < 1.29 is 19.7 Å². The Morgan fingerprint density at radius 2 is 1.87 bits per heavy atom. The van der Waals surface area contributed by atoms with Crippen molar-refractivity contribution in [1.29, 1.82) is 0 Å². The molecule has 0 fully saturated rings. The minimum absolute atomic E-state index is 0.0422. The van der Waals surface area contributed by atoms with Gasteiger partial charge in [-0.1, -0.05) is 62.7 Å². The maximum Gasteiger partial charge on any atom is 0.511 e. The number of hydrogen-bond acceptors (Lipinski definition) is 5. The number of para-hydroxylation sites is 1. The van der Waals surface area contributed by atoms with Crippen molar-refractivity contribution in [1.82, 2.24) is 9.55 Å². The van der Waals surface area contributed by atoms with Gasteiger partial charge in [-0.15, -0.1) is 11.8 Å². The summed E-state index contributed by atoms with van der Waals surface area (Å²) in [6, 6.07) is 15.0. The molecule has 0 aliphatic carbocycles. The fraction of sp³-hybridized carbons (Fsp3) is 0.333. The second kappa shape index (κ2) is 11.0. The Bertz CT molecular complexity index is 1010. The quantitative estimate of drug-likeness (QED) is 0.242. The summed E-state index contributed by atoms with van der Waals surface area (Å²) >= 11 is 1.66. The zero-order chi connectivity index (χ0) is 22.2. The summed E-state index contributed by atoms with van der Waals surface area (Å²) in [6.45, 7) is 4.83. The van der Waals surface area contributed by atoms with Crippen LogP contribution in [0.15, 0.2) is 53.6 Å². The predicted molar refractivity (Wildman–Crippen MR) is 123 cm³/mol. The molecule has 7 heteroatoms. The van der Waals surface area contributed by atoms with Gasteiger partial charge in [-0.3, -0.25) is 0 Å². The molecule has 0 unspecified atom stereocenters. The number of imidazole rings is 1. The number of rotatable bonds is 10. The average molecular weight is 441 g/mol. The van der Waals surface area contributed by atoms with Crippen LogP contribution in [-0.2, 0) is 19.6 Å². The second-order valence-electron chi connectivity index (χ2n) is 7.12. The Morgan fingerprint density at radius 3 is 2.52 bits per heavy atom. The highest BCUT2D eigenvalue weighted by Crippen LogP contribution is 2.31. The Hall–Kier alpha value is -2.77. The molecule has 1 heterocycles. The topological polar surface area (TPSA) is 84.6 Å². The van der Waals surface area contributed by atoms with E-state index in [1.54, 1.807) is 23.9 Å². The summed E-state index contributed by atoms with van der Waals surface area (Å²) in [5.74, 6) is 2.22. The number of carboxylic acid groups (broad SMARTS) is 1. The lowest BCUT2D eigenvalue weighted by Crippen LogP contribution is -2.09. The minimum Gasteiger partial charge on any atom is -0.449 e. The Balaban J connectivity index is 1.89. The number of aryl methyl sites for hydroxylation is 1. The van der Waals surface area contributed by atoms with Crippen molar-refractivity contribution in [2.45, 2.75) is 51.3 Å². The summed E-state index contributed by atoms with van der Waals surface area (Å²) in [6.07, 6.45) is 1.69. The summed E-state index contributed by atoms with van der Waals surface area (Å²) in [5, 5.41) is 19.9. The molecule has 0 amide bonds. The number of aromatic nitrogens is 2. The average Bonchev–Trinajstić information content (AvgIpc) is 3.09. The number of aliphatic hydroxyl groups is 1. The molecule has 164 valence electrons. The van der Waals surface area contributed by atoms with Crippen LogP contribution in [0.25, 0.3) is 11.1 Å². The number of nitrogens with zero attached hydrogens (tertiary/aromatic N) is 2. The van der Waals surface area contributed by atoms with Gasteiger partial charge in [0.25, 0.3) is 0 Å². The third-order valence-electron chi connectivity index (χ3n) is 4.99. The van der Waals surface area contributed by atoms with Crippen LogP contribution in [-0.4, -0.2) is 31.7 Å². The van der Waals surface area contributed by atoms with Crippen LogP contribution in [0.4, 0.5) is 4.79 Å². The first kappa shape index (κ1) is 22.9. The van der Waals surface area contributed by atoms with Gasteiger partial charge in [-0.05, 0) is 29.4 Å². The molecule has 0 saturated heterocycles. The fourth-order valence-corrected chi connectivity index (χ4v) is 4.28. The molecule has 0 spiro atoms. The van der Waals surface area contributed by atoms with Crippen molar-refractivity contribution in [3.8, 4) is 16.9 Å². The van der Waals surface area contributed by atoms with E-state index in [9.17, 15) is 9.90 Å². The van der Waals surface area contributed by atoms with Crippen molar-refractivity contribution in [3.63, 3.8) is 0 Å². The van der Waals surface area contributed by atoms with E-state index in [1.807, 2.05) is 36.4 Å². The zero-order valence-electron chi connectivity index (χ0n) is 17.9. The van der Waals surface area contributed by atoms with Gasteiger partial charge in [0.1, 0.15) is 16.6 Å². The van der Waals surface area contributed by atoms with Crippen molar-refractivity contribution >= 4 is 17.9 Å². The van der Waals surface area contributed by atoms with Gasteiger partial charge in [0.05, 0.1) is 12.3 Å². The van der Waals surface area contributed by atoms with Crippen LogP contribution in [0.3, 0.4) is 0 Å². The minimum atomic E-state index is -1.33. The first-order valence-corrected chi connectivity index (χ1v) is 11.5. The molecule has 0 radical (unpaired) electrons. The van der Waals surface area contributed by atoms with E-state index in [0.717, 1.165) is 58.2 Å². The number of benzene rings is 2. The molecule has 31 heavy (non-hydrogen) atoms. The first-order valence-electron chi connectivity index (χ1n) is 10.5. The Labute approximate surface area is 186 Å². The van der Waals surface area contributed by atoms with Gasteiger partial charge in [0.15, 0.2) is 0 Å². The molecular formula is C24H28N2O4S. The van der Waals surface area contributed by atoms with E-state index in [2.05, 4.69) is 18.4 Å². The molecular weight excluding hydrogens is 412 g/mol. The molecule has 0 saturated carbocycles. The summed E-state index contributed by atoms with van der Waals surface area (Å²) < 4.78 is 7.04. The van der Waals surface area contributed by atoms with E-state index in [4.69, 9.17) is 14.8 Å². The maximum absolute atomic E-state index is 11.0. The maximum atomic E-state index is 11.0. The number of ether oxygens (including phenoxy) is 1. The second-order valence-corrected chi connectivity index (χ2v) is 8.37. The van der Waals surface area contributed by atoms with E-state index in [0.29, 0.717) is 12.3 Å². The van der Waals surface area contributed by atoms with Crippen LogP contribution in [0.5, 0.6) is 5.75 Å². The highest BCUT2D eigenvalue weighted by Gasteiger charge is 2.17. The number of carbonyl (C=O) groups is 1. The van der Waals surface area contributed by atoms with E-state index < -0.39 is 6.16 Å². The van der Waals surface area contributed by atoms with Gasteiger partial charge in [-0.2, -0.15) is 0 Å². The third kappa shape index (κ3) is 5.68. The molecule has 3 aromatic rings. The van der Waals surface area contributed by atoms with Crippen LogP contribution in [0, 0.1) is 0 Å². The molecule has 0 aliphatic heterocycles. The number of unbranched alkanes of at least 4 members (excludes halogenated alkanes) is 1. The Morgan fingerprint density at radius 1 is 1.13 bits per heavy atom. The summed E-state index contributed by atoms with van der Waals surface area (Å²) in [7, 11) is 0. The zero-order valence-corrected chi connectivity index (χ0v) is 18.7. The molecule has 3 rings (SSSR count). The third-order valence-corrected chi connectivity index (χ3v) is 5.88. The Kier molecular flexibility index (Phi) is 8.14. The standard InChI is InChI=1S/C24H28N2O4S/c1-3-5-10-22-25-23(31-4-2)20(16-27)26(22)15-17-11-13-18(14-12-17)19-8-6-7-9-21(19)30-24(28)29/h6-9,11-14,27H,3-5,10,15-16H2,1-2H3,(H,28,29). The van der Waals surface area contributed by atoms with Crippen LogP contribution in [0.1, 0.15) is 43.8 Å². The fourth-order valence-electron chi connectivity index (χ4n) is 3.49. The molecule has 6 nitrogen and oxygen atoms in total. The molecule has 2 aromatic carbocycles. The van der Waals surface area contributed by atoms with Crippen LogP contribution >= 0.6 is 11.8 Å². The lowest BCUT2D eigenvalue weighted by atomic mass is 10.0. The van der Waals surface area contributed by atoms with Crippen LogP contribution < -0.4 is 4.74 Å². The van der Waals surface area contributed by atoms with Gasteiger partial charge >= 0.3 is 6.16 Å². The van der Waals surface area contributed by atoms with E-state index in [1.165, 1.54) is 0 Å². The lowest BCUT2D eigenvalue weighted by molar-refractivity contribution is 0.144. The summed E-state index contributed by atoms with van der Waals surface area (Å²) in [5.41, 5.74) is 3.54. The normalized spacial score (nSPS) is 10.9. The molecule has 0 aliphatic rings. The van der Waals surface area contributed by atoms with E-state index >= 15 is 0 Å².